The van der Waals surface area contributed by atoms with Gasteiger partial charge in [0, 0.05) is 70.3 Å². The van der Waals surface area contributed by atoms with Crippen LogP contribution < -0.4 is 0 Å². The van der Waals surface area contributed by atoms with Crippen molar-refractivity contribution in [1.29, 1.82) is 0 Å². The normalized spacial score (nSPS) is 21.5. The van der Waals surface area contributed by atoms with Gasteiger partial charge in [0.1, 0.15) is 0 Å². The predicted molar refractivity (Wildman–Crippen MR) is 156 cm³/mol. The standard InChI is InChI=1S/C22H26N2O4S6/c25-23(26)19-5-1-17(2-6-19)21-31-13-9-29-11-15-33-22(34-16-12-30-10-14-32-21)18-3-7-20(8-4-18)24(27)28/h1-8,21-22H,9-16H2. The fourth-order valence-corrected chi connectivity index (χ4v) is 11.1. The monoisotopic (exact) mass is 574 g/mol. The molecule has 34 heavy (non-hydrogen) atoms. The maximum Gasteiger partial charge on any atom is 0.269 e. The van der Waals surface area contributed by atoms with Gasteiger partial charge in [-0.15, -0.1) is 47.0 Å². The zero-order valence-electron chi connectivity index (χ0n) is 18.4. The Hall–Kier alpha value is -0.660. The molecule has 0 atom stereocenters. The molecule has 0 spiro atoms. The highest BCUT2D eigenvalue weighted by atomic mass is 32.2. The van der Waals surface area contributed by atoms with Crippen LogP contribution in [0.2, 0.25) is 0 Å². The Morgan fingerprint density at radius 1 is 0.529 bits per heavy atom. The molecule has 0 N–H and O–H groups in total. The van der Waals surface area contributed by atoms with Gasteiger partial charge in [0.2, 0.25) is 0 Å². The smallest absolute Gasteiger partial charge is 0.258 e. The number of hydrogen-bond acceptors (Lipinski definition) is 10. The minimum atomic E-state index is -0.349. The zero-order chi connectivity index (χ0) is 24.2. The summed E-state index contributed by atoms with van der Waals surface area (Å²) in [6.07, 6.45) is 0. The summed E-state index contributed by atoms with van der Waals surface area (Å²) in [4.78, 5) is 21.2. The van der Waals surface area contributed by atoms with Gasteiger partial charge in [-0.05, 0) is 11.1 Å². The van der Waals surface area contributed by atoms with Crippen molar-refractivity contribution in [3.05, 3.63) is 79.9 Å². The van der Waals surface area contributed by atoms with E-state index in [-0.39, 0.29) is 21.2 Å². The lowest BCUT2D eigenvalue weighted by molar-refractivity contribution is -0.385. The lowest BCUT2D eigenvalue weighted by Gasteiger charge is -2.18. The fraction of sp³-hybridized carbons (Fsp3) is 0.455. The van der Waals surface area contributed by atoms with Crippen LogP contribution in [0.3, 0.4) is 0 Å². The molecule has 3 rings (SSSR count). The molecule has 0 bridgehead atoms. The molecule has 2 aromatic rings. The molecule has 0 radical (unpaired) electrons. The van der Waals surface area contributed by atoms with Crippen LogP contribution in [0.15, 0.2) is 48.5 Å². The van der Waals surface area contributed by atoms with Crippen LogP contribution in [-0.2, 0) is 0 Å². The number of non-ortho nitro benzene ring substituents is 2. The fourth-order valence-electron chi connectivity index (χ4n) is 3.05. The van der Waals surface area contributed by atoms with Gasteiger partial charge in [0.05, 0.1) is 19.0 Å². The van der Waals surface area contributed by atoms with E-state index in [1.807, 2.05) is 94.8 Å². The number of nitro benzene ring substituents is 2. The first-order valence-electron chi connectivity index (χ1n) is 10.6. The Morgan fingerprint density at radius 3 is 1.09 bits per heavy atom. The van der Waals surface area contributed by atoms with Gasteiger partial charge in [-0.1, -0.05) is 24.3 Å². The van der Waals surface area contributed by atoms with Gasteiger partial charge in [-0.3, -0.25) is 20.2 Å². The van der Waals surface area contributed by atoms with Gasteiger partial charge in [0.25, 0.3) is 11.4 Å². The summed E-state index contributed by atoms with van der Waals surface area (Å²) in [5.41, 5.74) is 2.57. The zero-order valence-corrected chi connectivity index (χ0v) is 23.3. The van der Waals surface area contributed by atoms with E-state index < -0.39 is 0 Å². The van der Waals surface area contributed by atoms with Gasteiger partial charge >= 0.3 is 0 Å². The molecule has 1 heterocycles. The summed E-state index contributed by atoms with van der Waals surface area (Å²) in [6, 6.07) is 14.0. The Morgan fingerprint density at radius 2 is 0.824 bits per heavy atom. The van der Waals surface area contributed by atoms with E-state index in [2.05, 4.69) is 0 Å². The van der Waals surface area contributed by atoms with Crippen molar-refractivity contribution >= 4 is 81.9 Å². The number of hydrogen-bond donors (Lipinski definition) is 0. The Balaban J connectivity index is 1.54. The lowest BCUT2D eigenvalue weighted by atomic mass is 10.2. The molecule has 6 nitrogen and oxygen atoms in total. The van der Waals surface area contributed by atoms with Crippen molar-refractivity contribution < 1.29 is 9.85 Å². The Labute approximate surface area is 225 Å². The second-order valence-corrected chi connectivity index (χ2v) is 15.0. The molecule has 0 amide bonds. The molecule has 12 heteroatoms. The average Bonchev–Trinajstić information content (AvgIpc) is 2.84. The molecule has 2 aromatic carbocycles. The topological polar surface area (TPSA) is 86.3 Å². The highest BCUT2D eigenvalue weighted by Gasteiger charge is 2.17. The van der Waals surface area contributed by atoms with Gasteiger partial charge in [0.15, 0.2) is 0 Å². The van der Waals surface area contributed by atoms with E-state index >= 15 is 0 Å². The first-order valence-corrected chi connectivity index (χ1v) is 17.2. The minimum Gasteiger partial charge on any atom is -0.258 e. The highest BCUT2D eigenvalue weighted by molar-refractivity contribution is 8.18. The van der Waals surface area contributed by atoms with Crippen molar-refractivity contribution in [3.63, 3.8) is 0 Å². The van der Waals surface area contributed by atoms with Crippen LogP contribution >= 0.6 is 70.6 Å². The van der Waals surface area contributed by atoms with Gasteiger partial charge in [-0.25, -0.2) is 0 Å². The number of thioether (sulfide) groups is 6. The van der Waals surface area contributed by atoms with Crippen LogP contribution in [0.4, 0.5) is 11.4 Å². The minimum absolute atomic E-state index is 0.139. The third-order valence-corrected chi connectivity index (χ3v) is 13.4. The van der Waals surface area contributed by atoms with Crippen molar-refractivity contribution in [2.24, 2.45) is 0 Å². The largest absolute Gasteiger partial charge is 0.269 e. The SMILES string of the molecule is O=[N+]([O-])c1ccc(C2SCCSCCSC(c3ccc([N+](=O)[O-])cc3)SCCSCCS2)cc1. The van der Waals surface area contributed by atoms with E-state index in [1.165, 1.54) is 0 Å². The van der Waals surface area contributed by atoms with Crippen LogP contribution in [0.1, 0.15) is 20.3 Å². The maximum absolute atomic E-state index is 11.0. The summed E-state index contributed by atoms with van der Waals surface area (Å²) in [7, 11) is 0. The molecule has 1 fully saturated rings. The van der Waals surface area contributed by atoms with E-state index in [0.717, 1.165) is 57.1 Å². The average molecular weight is 575 g/mol. The molecule has 1 saturated heterocycles. The van der Waals surface area contributed by atoms with E-state index in [4.69, 9.17) is 0 Å². The summed E-state index contributed by atoms with van der Waals surface area (Å²) in [6.45, 7) is 0. The molecule has 184 valence electrons. The molecule has 1 aliphatic heterocycles. The van der Waals surface area contributed by atoms with E-state index in [0.29, 0.717) is 9.16 Å². The van der Waals surface area contributed by atoms with E-state index in [9.17, 15) is 20.2 Å². The van der Waals surface area contributed by atoms with Crippen molar-refractivity contribution in [3.8, 4) is 0 Å². The van der Waals surface area contributed by atoms with Gasteiger partial charge in [-0.2, -0.15) is 23.5 Å². The molecular formula is C22H26N2O4S6. The summed E-state index contributed by atoms with van der Waals surface area (Å²) >= 11 is 11.6. The quantitative estimate of drug-likeness (QED) is 0.268. The third kappa shape index (κ3) is 9.42. The second-order valence-electron chi connectivity index (χ2n) is 7.07. The number of rotatable bonds is 4. The molecule has 0 aliphatic carbocycles. The summed E-state index contributed by atoms with van der Waals surface area (Å²) in [5, 5.41) is 21.9. The number of nitrogens with zero attached hydrogens (tertiary/aromatic N) is 2. The van der Waals surface area contributed by atoms with Crippen molar-refractivity contribution in [2.45, 2.75) is 9.16 Å². The van der Waals surface area contributed by atoms with Crippen LogP contribution in [0, 0.1) is 20.2 Å². The van der Waals surface area contributed by atoms with Gasteiger partial charge < -0.3 is 0 Å². The maximum atomic E-state index is 11.0. The molecule has 0 aromatic heterocycles. The summed E-state index contributed by atoms with van der Waals surface area (Å²) < 4.78 is 0.593. The molecule has 0 saturated carbocycles. The van der Waals surface area contributed by atoms with Crippen LogP contribution in [0.5, 0.6) is 0 Å². The number of nitro groups is 2. The third-order valence-electron chi connectivity index (χ3n) is 4.74. The van der Waals surface area contributed by atoms with E-state index in [1.54, 1.807) is 24.3 Å². The van der Waals surface area contributed by atoms with Crippen molar-refractivity contribution in [2.75, 3.05) is 46.0 Å². The van der Waals surface area contributed by atoms with Crippen LogP contribution in [0.25, 0.3) is 0 Å². The first-order chi connectivity index (χ1) is 16.5. The van der Waals surface area contributed by atoms with Crippen LogP contribution in [-0.4, -0.2) is 55.9 Å². The van der Waals surface area contributed by atoms with Crippen molar-refractivity contribution in [1.82, 2.24) is 0 Å². The predicted octanol–water partition coefficient (Wildman–Crippen LogP) is 7.61. The number of benzene rings is 2. The Bertz CT molecular complexity index is 825. The highest BCUT2D eigenvalue weighted by Crippen LogP contribution is 2.42. The molecule has 0 unspecified atom stereocenters. The Kier molecular flexibility index (Phi) is 12.7. The molecule has 1 aliphatic rings. The first kappa shape index (κ1) is 27.9. The lowest BCUT2D eigenvalue weighted by Crippen LogP contribution is -2.00. The second kappa shape index (κ2) is 15.5. The molecular weight excluding hydrogens is 549 g/mol. The summed E-state index contributed by atoms with van der Waals surface area (Å²) in [5.74, 6) is 8.43.